The molecule has 6 nitrogen and oxygen atoms in total. The van der Waals surface area contributed by atoms with Gasteiger partial charge in [-0.25, -0.2) is 8.78 Å². The third-order valence-corrected chi connectivity index (χ3v) is 6.76. The zero-order chi connectivity index (χ0) is 20.6. The average Bonchev–Trinajstić information content (AvgIpc) is 2.70. The van der Waals surface area contributed by atoms with Gasteiger partial charge in [0.25, 0.3) is 0 Å². The van der Waals surface area contributed by atoms with E-state index in [1.54, 1.807) is 0 Å². The van der Waals surface area contributed by atoms with Crippen LogP contribution in [-0.2, 0) is 19.1 Å². The number of carbonyl (C=O) groups is 3. The number of aldehydes is 1. The summed E-state index contributed by atoms with van der Waals surface area (Å²) < 4.78 is 35.7. The lowest BCUT2D eigenvalue weighted by Crippen LogP contribution is -2.49. The molecule has 0 saturated carbocycles. The molecule has 3 aliphatic heterocycles. The minimum absolute atomic E-state index is 0.0293. The first-order valence-corrected chi connectivity index (χ1v) is 10.3. The second-order valence-electron chi connectivity index (χ2n) is 8.53. The summed E-state index contributed by atoms with van der Waals surface area (Å²) in [4.78, 5) is 36.2. The smallest absolute Gasteiger partial charge is 0.233 e. The van der Waals surface area contributed by atoms with Gasteiger partial charge in [-0.3, -0.25) is 14.9 Å². The predicted octanol–water partition coefficient (Wildman–Crippen LogP) is 2.35. The Kier molecular flexibility index (Phi) is 5.55. The summed E-state index contributed by atoms with van der Waals surface area (Å²) >= 11 is 0. The number of ether oxygens (including phenoxy) is 1. The van der Waals surface area contributed by atoms with E-state index in [2.05, 4.69) is 5.32 Å². The summed E-state index contributed by atoms with van der Waals surface area (Å²) in [6, 6.07) is 0. The summed E-state index contributed by atoms with van der Waals surface area (Å²) in [5.74, 6) is -2.67. The maximum absolute atomic E-state index is 14.9. The molecule has 2 amide bonds. The molecule has 2 unspecified atom stereocenters. The monoisotopic (exact) mass is 408 g/mol. The van der Waals surface area contributed by atoms with Crippen LogP contribution in [0.25, 0.3) is 0 Å². The van der Waals surface area contributed by atoms with E-state index in [9.17, 15) is 23.2 Å². The number of carbonyl (C=O) groups excluding carboxylic acids is 3. The van der Waals surface area contributed by atoms with Gasteiger partial charge >= 0.3 is 0 Å². The summed E-state index contributed by atoms with van der Waals surface area (Å²) in [5.41, 5.74) is 0.234. The molecule has 4 aliphatic rings. The van der Waals surface area contributed by atoms with E-state index in [4.69, 9.17) is 4.74 Å². The minimum atomic E-state index is -1.57. The third kappa shape index (κ3) is 3.99. The van der Waals surface area contributed by atoms with E-state index in [1.165, 1.54) is 6.08 Å². The fraction of sp³-hybridized carbons (Fsp3) is 0.667. The molecule has 8 heteroatoms. The Morgan fingerprint density at radius 1 is 1.21 bits per heavy atom. The van der Waals surface area contributed by atoms with E-state index in [0.717, 1.165) is 32.0 Å². The Morgan fingerprint density at radius 2 is 1.97 bits per heavy atom. The van der Waals surface area contributed by atoms with E-state index in [1.807, 2.05) is 4.90 Å². The summed E-state index contributed by atoms with van der Waals surface area (Å²) in [7, 11) is 0. The Labute approximate surface area is 168 Å². The van der Waals surface area contributed by atoms with Crippen molar-refractivity contribution in [1.29, 1.82) is 0 Å². The number of hydrogen-bond acceptors (Lipinski definition) is 5. The molecule has 0 radical (unpaired) electrons. The largest absolute Gasteiger partial charge is 0.374 e. The average molecular weight is 408 g/mol. The lowest BCUT2D eigenvalue weighted by Gasteiger charge is -2.46. The molecule has 158 valence electrons. The molecule has 0 aromatic carbocycles. The van der Waals surface area contributed by atoms with Crippen LogP contribution in [0.1, 0.15) is 44.9 Å². The topological polar surface area (TPSA) is 75.7 Å². The van der Waals surface area contributed by atoms with Crippen molar-refractivity contribution in [2.24, 2.45) is 11.8 Å². The van der Waals surface area contributed by atoms with Gasteiger partial charge in [0.15, 0.2) is 0 Å². The van der Waals surface area contributed by atoms with E-state index in [-0.39, 0.29) is 36.4 Å². The molecule has 3 fully saturated rings. The number of likely N-dealkylation sites (tertiary alicyclic amines) is 1. The van der Waals surface area contributed by atoms with Crippen LogP contribution >= 0.6 is 0 Å². The standard InChI is InChI=1S/C21H26F2N2O4/c22-16-9-14(10-17(23)19(16)15-1-2-18(27)24-20(15)28)25-7-5-21(6-8-25)4-3-13(11-26)12-29-21/h9,11,13,15,17H,1-8,10,12H2,(H,24,27,28)/t13-,15?,17?/m1/s1. The number of amides is 2. The van der Waals surface area contributed by atoms with Gasteiger partial charge < -0.3 is 14.4 Å². The van der Waals surface area contributed by atoms with E-state index >= 15 is 0 Å². The van der Waals surface area contributed by atoms with Crippen LogP contribution in [-0.4, -0.2) is 54.5 Å². The summed E-state index contributed by atoms with van der Waals surface area (Å²) in [5, 5.41) is 2.17. The van der Waals surface area contributed by atoms with Crippen LogP contribution in [0.5, 0.6) is 0 Å². The maximum atomic E-state index is 14.9. The third-order valence-electron chi connectivity index (χ3n) is 6.76. The Morgan fingerprint density at radius 3 is 2.55 bits per heavy atom. The van der Waals surface area contributed by atoms with Gasteiger partial charge in [-0.05, 0) is 38.2 Å². The number of piperidine rings is 2. The number of hydrogen-bond donors (Lipinski definition) is 1. The van der Waals surface area contributed by atoms with Crippen molar-refractivity contribution in [2.45, 2.75) is 56.7 Å². The number of nitrogens with one attached hydrogen (secondary N) is 1. The van der Waals surface area contributed by atoms with E-state index < -0.39 is 29.7 Å². The highest BCUT2D eigenvalue weighted by atomic mass is 19.1. The fourth-order valence-electron chi connectivity index (χ4n) is 4.92. The summed E-state index contributed by atoms with van der Waals surface area (Å²) in [6.07, 6.45) is 4.17. The first kappa shape index (κ1) is 20.2. The predicted molar refractivity (Wildman–Crippen MR) is 99.9 cm³/mol. The number of imide groups is 1. The molecule has 1 aliphatic carbocycles. The van der Waals surface area contributed by atoms with Crippen LogP contribution < -0.4 is 5.32 Å². The molecular weight excluding hydrogens is 382 g/mol. The molecular formula is C21H26F2N2O4. The van der Waals surface area contributed by atoms with Crippen LogP contribution in [0.3, 0.4) is 0 Å². The molecule has 0 bridgehead atoms. The molecule has 0 aromatic heterocycles. The summed E-state index contributed by atoms with van der Waals surface area (Å²) in [6.45, 7) is 1.74. The van der Waals surface area contributed by atoms with Crippen LogP contribution in [0.15, 0.2) is 23.2 Å². The van der Waals surface area contributed by atoms with Gasteiger partial charge in [-0.1, -0.05) is 0 Å². The zero-order valence-corrected chi connectivity index (χ0v) is 16.3. The van der Waals surface area contributed by atoms with Crippen molar-refractivity contribution in [3.05, 3.63) is 23.2 Å². The van der Waals surface area contributed by atoms with Crippen molar-refractivity contribution in [3.63, 3.8) is 0 Å². The van der Waals surface area contributed by atoms with Gasteiger partial charge in [0.05, 0.1) is 18.1 Å². The Bertz CT molecular complexity index is 761. The molecule has 29 heavy (non-hydrogen) atoms. The molecule has 3 atom stereocenters. The minimum Gasteiger partial charge on any atom is -0.374 e. The quantitative estimate of drug-likeness (QED) is 0.573. The number of allylic oxidation sites excluding steroid dienone is 3. The normalized spacial score (nSPS) is 32.8. The molecule has 0 aromatic rings. The lowest BCUT2D eigenvalue weighted by atomic mass is 9.81. The second kappa shape index (κ2) is 7.97. The van der Waals surface area contributed by atoms with Crippen molar-refractivity contribution in [1.82, 2.24) is 10.2 Å². The molecule has 3 heterocycles. The SMILES string of the molecule is O=C[C@H]1CCC2(CCN(C3=CC(F)=C(C4CCC(=O)NC4=O)C(F)C3)CC2)OC1. The first-order chi connectivity index (χ1) is 13.9. The highest BCUT2D eigenvalue weighted by Crippen LogP contribution is 2.40. The van der Waals surface area contributed by atoms with Crippen molar-refractivity contribution >= 4 is 18.1 Å². The molecule has 1 spiro atoms. The number of alkyl halides is 1. The fourth-order valence-corrected chi connectivity index (χ4v) is 4.92. The Hall–Kier alpha value is -2.09. The maximum Gasteiger partial charge on any atom is 0.233 e. The van der Waals surface area contributed by atoms with Gasteiger partial charge in [0.2, 0.25) is 11.8 Å². The zero-order valence-electron chi connectivity index (χ0n) is 16.3. The van der Waals surface area contributed by atoms with Crippen LogP contribution in [0.4, 0.5) is 8.78 Å². The van der Waals surface area contributed by atoms with Crippen molar-refractivity contribution < 1.29 is 27.9 Å². The highest BCUT2D eigenvalue weighted by Gasteiger charge is 2.42. The van der Waals surface area contributed by atoms with Crippen molar-refractivity contribution in [3.8, 4) is 0 Å². The van der Waals surface area contributed by atoms with Crippen LogP contribution in [0.2, 0.25) is 0 Å². The molecule has 4 rings (SSSR count). The first-order valence-electron chi connectivity index (χ1n) is 10.3. The number of rotatable bonds is 3. The van der Waals surface area contributed by atoms with Gasteiger partial charge in [-0.15, -0.1) is 0 Å². The van der Waals surface area contributed by atoms with Crippen LogP contribution in [0, 0.1) is 11.8 Å². The number of halogens is 2. The van der Waals surface area contributed by atoms with Gasteiger partial charge in [-0.2, -0.15) is 0 Å². The van der Waals surface area contributed by atoms with Gasteiger partial charge in [0.1, 0.15) is 18.3 Å². The molecule has 1 N–H and O–H groups in total. The number of nitrogens with zero attached hydrogens (tertiary/aromatic N) is 1. The van der Waals surface area contributed by atoms with E-state index in [0.29, 0.717) is 25.4 Å². The molecule has 3 saturated heterocycles. The van der Waals surface area contributed by atoms with Crippen molar-refractivity contribution in [2.75, 3.05) is 19.7 Å². The lowest BCUT2D eigenvalue weighted by molar-refractivity contribution is -0.139. The highest BCUT2D eigenvalue weighted by molar-refractivity contribution is 6.00. The Balaban J connectivity index is 1.43. The van der Waals surface area contributed by atoms with Gasteiger partial charge in [0, 0.05) is 43.1 Å². The second-order valence-corrected chi connectivity index (χ2v) is 8.53.